The van der Waals surface area contributed by atoms with Gasteiger partial charge in [0.15, 0.2) is 0 Å². The first-order chi connectivity index (χ1) is 7.85. The minimum Gasteiger partial charge on any atom is -0.495 e. The van der Waals surface area contributed by atoms with Crippen molar-refractivity contribution in [1.29, 1.82) is 5.26 Å². The molecule has 0 radical (unpaired) electrons. The fraction of sp³-hybridized carbons (Fsp3) is 0.462. The number of nitriles is 1. The molecule has 3 heteroatoms. The monoisotopic (exact) mass is 216 g/mol. The number of nitrogens with zero attached hydrogens (tertiary/aromatic N) is 1. The maximum atomic E-state index is 9.03. The summed E-state index contributed by atoms with van der Waals surface area (Å²) in [6, 6.07) is 8.13. The van der Waals surface area contributed by atoms with Gasteiger partial charge in [-0.15, -0.1) is 0 Å². The number of nitrogens with one attached hydrogen (secondary N) is 1. The Labute approximate surface area is 96.0 Å². The molecule has 1 heterocycles. The molecule has 2 rings (SSSR count). The Morgan fingerprint density at radius 3 is 2.75 bits per heavy atom. The van der Waals surface area contributed by atoms with Crippen LogP contribution in [0, 0.1) is 11.3 Å². The van der Waals surface area contributed by atoms with E-state index in [4.69, 9.17) is 10.00 Å². The van der Waals surface area contributed by atoms with Gasteiger partial charge in [0.25, 0.3) is 0 Å². The Hall–Kier alpha value is -1.53. The molecule has 0 aromatic heterocycles. The summed E-state index contributed by atoms with van der Waals surface area (Å²) in [6.45, 7) is 2.14. The molecule has 0 bridgehead atoms. The van der Waals surface area contributed by atoms with Crippen LogP contribution in [0.5, 0.6) is 5.75 Å². The SMILES string of the molecule is COc1ccc(C2CCNCC2)cc1C#N. The highest BCUT2D eigenvalue weighted by Gasteiger charge is 2.16. The smallest absolute Gasteiger partial charge is 0.136 e. The predicted octanol–water partition coefficient (Wildman–Crippen LogP) is 2.03. The van der Waals surface area contributed by atoms with Crippen molar-refractivity contribution in [3.05, 3.63) is 29.3 Å². The second-order valence-electron chi connectivity index (χ2n) is 4.10. The van der Waals surface area contributed by atoms with E-state index in [1.165, 1.54) is 5.56 Å². The van der Waals surface area contributed by atoms with E-state index in [0.29, 0.717) is 17.2 Å². The lowest BCUT2D eigenvalue weighted by Gasteiger charge is -2.23. The van der Waals surface area contributed by atoms with Crippen LogP contribution in [-0.4, -0.2) is 20.2 Å². The van der Waals surface area contributed by atoms with E-state index >= 15 is 0 Å². The molecular weight excluding hydrogens is 200 g/mol. The van der Waals surface area contributed by atoms with Crippen LogP contribution < -0.4 is 10.1 Å². The van der Waals surface area contributed by atoms with Crippen molar-refractivity contribution < 1.29 is 4.74 Å². The molecule has 0 spiro atoms. The third kappa shape index (κ3) is 2.17. The largest absolute Gasteiger partial charge is 0.495 e. The Morgan fingerprint density at radius 1 is 1.38 bits per heavy atom. The molecule has 1 fully saturated rings. The van der Waals surface area contributed by atoms with Gasteiger partial charge < -0.3 is 10.1 Å². The standard InChI is InChI=1S/C13H16N2O/c1-16-13-3-2-11(8-12(13)9-14)10-4-6-15-7-5-10/h2-3,8,10,15H,4-7H2,1H3. The van der Waals surface area contributed by atoms with Crippen LogP contribution in [0.2, 0.25) is 0 Å². The van der Waals surface area contributed by atoms with Gasteiger partial charge in [0.2, 0.25) is 0 Å². The van der Waals surface area contributed by atoms with Gasteiger partial charge in [-0.1, -0.05) is 6.07 Å². The van der Waals surface area contributed by atoms with Gasteiger partial charge in [0.05, 0.1) is 12.7 Å². The van der Waals surface area contributed by atoms with Crippen LogP contribution in [-0.2, 0) is 0 Å². The average Bonchev–Trinajstić information content (AvgIpc) is 2.39. The molecule has 1 aliphatic rings. The van der Waals surface area contributed by atoms with E-state index in [0.717, 1.165) is 25.9 Å². The van der Waals surface area contributed by atoms with Crippen molar-refractivity contribution >= 4 is 0 Å². The number of hydrogen-bond acceptors (Lipinski definition) is 3. The van der Waals surface area contributed by atoms with Crippen LogP contribution in [0.1, 0.15) is 29.9 Å². The lowest BCUT2D eigenvalue weighted by molar-refractivity contribution is 0.412. The Bertz CT molecular complexity index is 403. The van der Waals surface area contributed by atoms with E-state index < -0.39 is 0 Å². The maximum Gasteiger partial charge on any atom is 0.136 e. The number of rotatable bonds is 2. The Balaban J connectivity index is 2.25. The summed E-state index contributed by atoms with van der Waals surface area (Å²) in [4.78, 5) is 0. The molecule has 1 N–H and O–H groups in total. The zero-order valence-electron chi connectivity index (χ0n) is 9.49. The first-order valence-corrected chi connectivity index (χ1v) is 5.64. The average molecular weight is 216 g/mol. The Morgan fingerprint density at radius 2 is 2.12 bits per heavy atom. The summed E-state index contributed by atoms with van der Waals surface area (Å²) in [6.07, 6.45) is 2.30. The molecular formula is C13H16N2O. The molecule has 16 heavy (non-hydrogen) atoms. The molecule has 84 valence electrons. The number of ether oxygens (including phenoxy) is 1. The van der Waals surface area contributed by atoms with E-state index in [1.54, 1.807) is 7.11 Å². The molecule has 1 aromatic carbocycles. The van der Waals surface area contributed by atoms with Crippen LogP contribution in [0.15, 0.2) is 18.2 Å². The molecule has 0 atom stereocenters. The zero-order valence-corrected chi connectivity index (χ0v) is 9.49. The topological polar surface area (TPSA) is 45.0 Å². The van der Waals surface area contributed by atoms with E-state index in [1.807, 2.05) is 12.1 Å². The van der Waals surface area contributed by atoms with Crippen molar-refractivity contribution in [2.75, 3.05) is 20.2 Å². The quantitative estimate of drug-likeness (QED) is 0.822. The zero-order chi connectivity index (χ0) is 11.4. The summed E-state index contributed by atoms with van der Waals surface area (Å²) in [5.74, 6) is 1.25. The molecule has 0 aliphatic carbocycles. The third-order valence-electron chi connectivity index (χ3n) is 3.15. The van der Waals surface area contributed by atoms with Crippen LogP contribution in [0.25, 0.3) is 0 Å². The molecule has 3 nitrogen and oxygen atoms in total. The van der Waals surface area contributed by atoms with Crippen LogP contribution >= 0.6 is 0 Å². The minimum atomic E-state index is 0.583. The van der Waals surface area contributed by atoms with E-state index in [2.05, 4.69) is 17.5 Å². The number of benzene rings is 1. The van der Waals surface area contributed by atoms with Gasteiger partial charge in [-0.2, -0.15) is 5.26 Å². The highest BCUT2D eigenvalue weighted by molar-refractivity contribution is 5.46. The first-order valence-electron chi connectivity index (χ1n) is 5.64. The van der Waals surface area contributed by atoms with Crippen molar-refractivity contribution in [1.82, 2.24) is 5.32 Å². The highest BCUT2D eigenvalue weighted by atomic mass is 16.5. The maximum absolute atomic E-state index is 9.03. The van der Waals surface area contributed by atoms with Gasteiger partial charge in [0, 0.05) is 0 Å². The van der Waals surface area contributed by atoms with Crippen molar-refractivity contribution in [3.63, 3.8) is 0 Å². The lowest BCUT2D eigenvalue weighted by atomic mass is 9.89. The summed E-state index contributed by atoms with van der Waals surface area (Å²) in [5, 5.41) is 12.4. The van der Waals surface area contributed by atoms with Crippen molar-refractivity contribution in [2.24, 2.45) is 0 Å². The van der Waals surface area contributed by atoms with Gasteiger partial charge in [-0.25, -0.2) is 0 Å². The fourth-order valence-electron chi connectivity index (χ4n) is 2.22. The summed E-state index contributed by atoms with van der Waals surface area (Å²) >= 11 is 0. The predicted molar refractivity (Wildman–Crippen MR) is 62.6 cm³/mol. The molecule has 1 aliphatic heterocycles. The van der Waals surface area contributed by atoms with Gasteiger partial charge in [-0.3, -0.25) is 0 Å². The second-order valence-corrected chi connectivity index (χ2v) is 4.10. The summed E-state index contributed by atoms with van der Waals surface area (Å²) in [7, 11) is 1.60. The van der Waals surface area contributed by atoms with Gasteiger partial charge in [-0.05, 0) is 49.5 Å². The molecule has 0 saturated carbocycles. The summed E-state index contributed by atoms with van der Waals surface area (Å²) < 4.78 is 5.14. The molecule has 1 aromatic rings. The fourth-order valence-corrected chi connectivity index (χ4v) is 2.22. The number of methoxy groups -OCH3 is 1. The van der Waals surface area contributed by atoms with E-state index in [-0.39, 0.29) is 0 Å². The van der Waals surface area contributed by atoms with Crippen molar-refractivity contribution in [2.45, 2.75) is 18.8 Å². The molecule has 0 unspecified atom stereocenters. The number of hydrogen-bond donors (Lipinski definition) is 1. The highest BCUT2D eigenvalue weighted by Crippen LogP contribution is 2.28. The van der Waals surface area contributed by atoms with Crippen LogP contribution in [0.3, 0.4) is 0 Å². The second kappa shape index (κ2) is 5.00. The molecule has 0 amide bonds. The normalized spacial score (nSPS) is 16.8. The minimum absolute atomic E-state index is 0.583. The van der Waals surface area contributed by atoms with E-state index in [9.17, 15) is 0 Å². The van der Waals surface area contributed by atoms with Crippen molar-refractivity contribution in [3.8, 4) is 11.8 Å². The van der Waals surface area contributed by atoms with Crippen LogP contribution in [0.4, 0.5) is 0 Å². The Kier molecular flexibility index (Phi) is 3.43. The van der Waals surface area contributed by atoms with Gasteiger partial charge >= 0.3 is 0 Å². The third-order valence-corrected chi connectivity index (χ3v) is 3.15. The van der Waals surface area contributed by atoms with Gasteiger partial charge in [0.1, 0.15) is 11.8 Å². The summed E-state index contributed by atoms with van der Waals surface area (Å²) in [5.41, 5.74) is 1.90. The first kappa shape index (κ1) is 11.0. The number of piperidine rings is 1. The molecule has 1 saturated heterocycles. The lowest BCUT2D eigenvalue weighted by Crippen LogP contribution is -2.26.